The van der Waals surface area contributed by atoms with Crippen molar-refractivity contribution in [2.24, 2.45) is 0 Å². The summed E-state index contributed by atoms with van der Waals surface area (Å²) >= 11 is 8.35. The quantitative estimate of drug-likeness (QED) is 0.358. The Hall–Kier alpha value is -2.87. The highest BCUT2D eigenvalue weighted by Crippen LogP contribution is 2.33. The average molecular weight is 490 g/mol. The fourth-order valence-corrected chi connectivity index (χ4v) is 5.00. The summed E-state index contributed by atoms with van der Waals surface area (Å²) in [6.45, 7) is 6.17. The van der Waals surface area contributed by atoms with Crippen LogP contribution in [0, 0.1) is 18.3 Å². The number of nitrogens with zero attached hydrogens (tertiary/aromatic N) is 4. The third-order valence-corrected chi connectivity index (χ3v) is 6.81. The number of carbonyl (C=O) groups is 2. The molecule has 0 spiro atoms. The molecule has 0 saturated heterocycles. The molecule has 0 bridgehead atoms. The highest BCUT2D eigenvalue weighted by molar-refractivity contribution is 7.99. The Kier molecular flexibility index (Phi) is 7.90. The van der Waals surface area contributed by atoms with Crippen LogP contribution in [0.15, 0.2) is 29.4 Å². The van der Waals surface area contributed by atoms with Crippen LogP contribution in [0.25, 0.3) is 11.4 Å². The molecule has 0 aliphatic carbocycles. The molecule has 2 aromatic heterocycles. The number of hydrogen-bond acceptors (Lipinski definition) is 8. The van der Waals surface area contributed by atoms with Crippen molar-refractivity contribution in [3.05, 3.63) is 45.3 Å². The first-order valence-corrected chi connectivity index (χ1v) is 11.9. The van der Waals surface area contributed by atoms with Crippen LogP contribution in [0.5, 0.6) is 0 Å². The van der Waals surface area contributed by atoms with Gasteiger partial charge in [0.1, 0.15) is 15.9 Å². The zero-order valence-electron chi connectivity index (χ0n) is 17.6. The van der Waals surface area contributed by atoms with E-state index in [0.29, 0.717) is 38.0 Å². The summed E-state index contributed by atoms with van der Waals surface area (Å²) in [5, 5.41) is 22.2. The molecule has 8 nitrogen and oxygen atoms in total. The van der Waals surface area contributed by atoms with Gasteiger partial charge in [-0.15, -0.1) is 21.5 Å². The van der Waals surface area contributed by atoms with Gasteiger partial charge in [0, 0.05) is 17.1 Å². The number of nitriles is 1. The fraction of sp³-hybridized carbons (Fsp3) is 0.286. The lowest BCUT2D eigenvalue weighted by Gasteiger charge is -2.08. The van der Waals surface area contributed by atoms with Crippen LogP contribution in [0.3, 0.4) is 0 Å². The number of nitrogens with one attached hydrogen (secondary N) is 1. The first-order valence-electron chi connectivity index (χ1n) is 9.71. The number of amides is 1. The Morgan fingerprint density at radius 1 is 1.34 bits per heavy atom. The lowest BCUT2D eigenvalue weighted by molar-refractivity contribution is -0.113. The maximum atomic E-state index is 12.6. The number of halogens is 1. The molecule has 0 fully saturated rings. The predicted octanol–water partition coefficient (Wildman–Crippen LogP) is 4.77. The lowest BCUT2D eigenvalue weighted by atomic mass is 10.2. The smallest absolute Gasteiger partial charge is 0.348 e. The SMILES string of the molecule is CCOC(=O)c1sc(NC(=O)CSc2nnc(-c3cccc(Cl)c3)n2CC)c(C#N)c1C. The van der Waals surface area contributed by atoms with Gasteiger partial charge >= 0.3 is 5.97 Å². The second-order valence-electron chi connectivity index (χ2n) is 6.49. The fourth-order valence-electron chi connectivity index (χ4n) is 2.94. The minimum absolute atomic E-state index is 0.0598. The molecule has 166 valence electrons. The summed E-state index contributed by atoms with van der Waals surface area (Å²) in [4.78, 5) is 25.0. The number of carbonyl (C=O) groups excluding carboxylic acids is 2. The Bertz CT molecular complexity index is 1200. The second kappa shape index (κ2) is 10.6. The summed E-state index contributed by atoms with van der Waals surface area (Å²) < 4.78 is 6.92. The Labute approximate surface area is 198 Å². The number of aromatic nitrogens is 3. The van der Waals surface area contributed by atoms with Gasteiger partial charge in [-0.05, 0) is 38.5 Å². The molecule has 1 aromatic carbocycles. The van der Waals surface area contributed by atoms with Crippen LogP contribution in [0.1, 0.15) is 34.6 Å². The van der Waals surface area contributed by atoms with Crippen molar-refractivity contribution < 1.29 is 14.3 Å². The van der Waals surface area contributed by atoms with Gasteiger partial charge in [-0.3, -0.25) is 4.79 Å². The molecule has 0 atom stereocenters. The molecule has 32 heavy (non-hydrogen) atoms. The molecule has 0 saturated carbocycles. The van der Waals surface area contributed by atoms with Crippen LogP contribution >= 0.6 is 34.7 Å². The number of anilines is 1. The van der Waals surface area contributed by atoms with Gasteiger partial charge in [-0.1, -0.05) is 35.5 Å². The lowest BCUT2D eigenvalue weighted by Crippen LogP contribution is -2.14. The normalized spacial score (nSPS) is 10.6. The number of rotatable bonds is 8. The van der Waals surface area contributed by atoms with Crippen molar-refractivity contribution in [1.29, 1.82) is 5.26 Å². The van der Waals surface area contributed by atoms with Gasteiger partial charge in [0.05, 0.1) is 17.9 Å². The molecule has 0 aliphatic rings. The van der Waals surface area contributed by atoms with E-state index in [1.54, 1.807) is 19.9 Å². The van der Waals surface area contributed by atoms with E-state index in [9.17, 15) is 14.9 Å². The first kappa shape index (κ1) is 23.8. The van der Waals surface area contributed by atoms with Crippen molar-refractivity contribution >= 4 is 51.6 Å². The number of thioether (sulfide) groups is 1. The standard InChI is InChI=1S/C21H20ClN5O3S2/c1-4-27-18(13-7-6-8-14(22)9-13)25-26-21(27)31-11-16(28)24-19-15(10-23)12(3)17(32-19)20(29)30-5-2/h6-9H,4-5,11H2,1-3H3,(H,24,28). The molecule has 0 aliphatic heterocycles. The number of hydrogen-bond donors (Lipinski definition) is 1. The van der Waals surface area contributed by atoms with Crippen LogP contribution in [-0.2, 0) is 16.1 Å². The van der Waals surface area contributed by atoms with Gasteiger partial charge in [0.15, 0.2) is 11.0 Å². The number of benzene rings is 1. The summed E-state index contributed by atoms with van der Waals surface area (Å²) in [6, 6.07) is 9.38. The van der Waals surface area contributed by atoms with Crippen LogP contribution in [-0.4, -0.2) is 39.0 Å². The van der Waals surface area contributed by atoms with E-state index in [1.807, 2.05) is 35.8 Å². The van der Waals surface area contributed by atoms with E-state index < -0.39 is 5.97 Å². The van der Waals surface area contributed by atoms with E-state index in [-0.39, 0.29) is 23.8 Å². The van der Waals surface area contributed by atoms with Gasteiger partial charge in [0.25, 0.3) is 0 Å². The molecule has 0 radical (unpaired) electrons. The predicted molar refractivity (Wildman–Crippen MR) is 125 cm³/mol. The molecule has 0 unspecified atom stereocenters. The van der Waals surface area contributed by atoms with Crippen LogP contribution in [0.4, 0.5) is 5.00 Å². The zero-order valence-corrected chi connectivity index (χ0v) is 20.0. The second-order valence-corrected chi connectivity index (χ2v) is 8.89. The number of thiophene rings is 1. The third-order valence-electron chi connectivity index (χ3n) is 4.42. The molecular formula is C21H20ClN5O3S2. The zero-order chi connectivity index (χ0) is 23.3. The van der Waals surface area contributed by atoms with Crippen molar-refractivity contribution in [2.45, 2.75) is 32.5 Å². The van der Waals surface area contributed by atoms with E-state index in [0.717, 1.165) is 16.9 Å². The van der Waals surface area contributed by atoms with Crippen molar-refractivity contribution in [3.63, 3.8) is 0 Å². The molecule has 3 rings (SSSR count). The minimum atomic E-state index is -0.508. The summed E-state index contributed by atoms with van der Waals surface area (Å²) in [6.07, 6.45) is 0. The molecule has 2 heterocycles. The van der Waals surface area contributed by atoms with Crippen LogP contribution < -0.4 is 5.32 Å². The highest BCUT2D eigenvalue weighted by atomic mass is 35.5. The largest absolute Gasteiger partial charge is 0.462 e. The summed E-state index contributed by atoms with van der Waals surface area (Å²) in [7, 11) is 0. The van der Waals surface area contributed by atoms with Crippen molar-refractivity contribution in [1.82, 2.24) is 14.8 Å². The third kappa shape index (κ3) is 5.12. The topological polar surface area (TPSA) is 110 Å². The van der Waals surface area contributed by atoms with Crippen LogP contribution in [0.2, 0.25) is 5.02 Å². The highest BCUT2D eigenvalue weighted by Gasteiger charge is 2.22. The maximum Gasteiger partial charge on any atom is 0.348 e. The Morgan fingerprint density at radius 2 is 2.12 bits per heavy atom. The van der Waals surface area contributed by atoms with Gasteiger partial charge in [-0.2, -0.15) is 5.26 Å². The monoisotopic (exact) mass is 489 g/mol. The Morgan fingerprint density at radius 3 is 2.78 bits per heavy atom. The number of ether oxygens (including phenoxy) is 1. The van der Waals surface area contributed by atoms with Gasteiger partial charge in [0.2, 0.25) is 5.91 Å². The number of esters is 1. The first-order chi connectivity index (χ1) is 15.4. The van der Waals surface area contributed by atoms with E-state index in [4.69, 9.17) is 16.3 Å². The Balaban J connectivity index is 1.73. The van der Waals surface area contributed by atoms with E-state index >= 15 is 0 Å². The maximum absolute atomic E-state index is 12.6. The molecular weight excluding hydrogens is 470 g/mol. The molecule has 1 N–H and O–H groups in total. The van der Waals surface area contributed by atoms with E-state index in [2.05, 4.69) is 15.5 Å². The molecule has 11 heteroatoms. The average Bonchev–Trinajstić information content (AvgIpc) is 3.32. The summed E-state index contributed by atoms with van der Waals surface area (Å²) in [5.41, 5.74) is 1.59. The molecule has 3 aromatic rings. The van der Waals surface area contributed by atoms with Gasteiger partial charge in [-0.25, -0.2) is 4.79 Å². The minimum Gasteiger partial charge on any atom is -0.462 e. The van der Waals surface area contributed by atoms with Crippen molar-refractivity contribution in [3.8, 4) is 17.5 Å². The van der Waals surface area contributed by atoms with Gasteiger partial charge < -0.3 is 14.6 Å². The van der Waals surface area contributed by atoms with Crippen molar-refractivity contribution in [2.75, 3.05) is 17.7 Å². The molecule has 1 amide bonds. The van der Waals surface area contributed by atoms with E-state index in [1.165, 1.54) is 11.8 Å². The summed E-state index contributed by atoms with van der Waals surface area (Å²) in [5.74, 6) is -0.105.